The molecule has 1 saturated carbocycles. The molecule has 3 rings (SSSR count). The van der Waals surface area contributed by atoms with E-state index in [4.69, 9.17) is 5.73 Å². The van der Waals surface area contributed by atoms with E-state index >= 15 is 0 Å². The van der Waals surface area contributed by atoms with Crippen LogP contribution in [0, 0.1) is 11.8 Å². The van der Waals surface area contributed by atoms with E-state index in [0.29, 0.717) is 17.4 Å². The normalized spacial score (nSPS) is 29.3. The zero-order chi connectivity index (χ0) is 14.3. The summed E-state index contributed by atoms with van der Waals surface area (Å²) in [6.07, 6.45) is 3.38. The zero-order valence-corrected chi connectivity index (χ0v) is 12.8. The Bertz CT molecular complexity index is 535. The van der Waals surface area contributed by atoms with Crippen LogP contribution in [0.4, 0.5) is 0 Å². The van der Waals surface area contributed by atoms with Gasteiger partial charge in [0.15, 0.2) is 0 Å². The van der Waals surface area contributed by atoms with Gasteiger partial charge in [-0.15, -0.1) is 0 Å². The smallest absolute Gasteiger partial charge is 0.257 e. The predicted molar refractivity (Wildman–Crippen MR) is 80.5 cm³/mol. The maximum Gasteiger partial charge on any atom is 0.257 e. The van der Waals surface area contributed by atoms with Crippen molar-refractivity contribution < 1.29 is 9.90 Å². The van der Waals surface area contributed by atoms with Crippen molar-refractivity contribution in [2.75, 3.05) is 13.1 Å². The molecule has 5 heteroatoms. The van der Waals surface area contributed by atoms with Crippen LogP contribution < -0.4 is 5.73 Å². The van der Waals surface area contributed by atoms with Crippen molar-refractivity contribution in [1.29, 1.82) is 0 Å². The Hall–Kier alpha value is -1.07. The van der Waals surface area contributed by atoms with Crippen LogP contribution in [0.3, 0.4) is 0 Å². The van der Waals surface area contributed by atoms with Crippen molar-refractivity contribution in [2.24, 2.45) is 17.6 Å². The van der Waals surface area contributed by atoms with Crippen LogP contribution >= 0.6 is 15.9 Å². The van der Waals surface area contributed by atoms with Gasteiger partial charge in [0.2, 0.25) is 0 Å². The van der Waals surface area contributed by atoms with Crippen molar-refractivity contribution >= 4 is 21.8 Å². The topological polar surface area (TPSA) is 66.6 Å². The molecule has 1 aromatic rings. The summed E-state index contributed by atoms with van der Waals surface area (Å²) in [6.45, 7) is 1.49. The number of rotatable bonds is 1. The number of phenolic OH excluding ortho intramolecular Hbond substituents is 1. The van der Waals surface area contributed by atoms with Crippen LogP contribution in [0.1, 0.15) is 29.6 Å². The number of phenols is 1. The number of nitrogens with two attached hydrogens (primary N) is 1. The molecule has 1 saturated heterocycles. The van der Waals surface area contributed by atoms with Gasteiger partial charge in [0.25, 0.3) is 5.91 Å². The van der Waals surface area contributed by atoms with E-state index in [9.17, 15) is 9.90 Å². The lowest BCUT2D eigenvalue weighted by Gasteiger charge is -2.29. The molecule has 1 aliphatic carbocycles. The first kappa shape index (κ1) is 13.9. The van der Waals surface area contributed by atoms with E-state index in [2.05, 4.69) is 15.9 Å². The number of halogens is 1. The maximum atomic E-state index is 12.6. The van der Waals surface area contributed by atoms with Crippen molar-refractivity contribution in [3.05, 3.63) is 28.2 Å². The van der Waals surface area contributed by atoms with Gasteiger partial charge in [-0.2, -0.15) is 0 Å². The van der Waals surface area contributed by atoms with Crippen LogP contribution in [0.5, 0.6) is 5.75 Å². The number of carbonyl (C=O) groups is 1. The lowest BCUT2D eigenvalue weighted by Crippen LogP contribution is -2.38. The van der Waals surface area contributed by atoms with Gasteiger partial charge in [-0.1, -0.05) is 22.4 Å². The number of fused-ring (bicyclic) bond motifs is 1. The molecule has 0 spiro atoms. The van der Waals surface area contributed by atoms with Gasteiger partial charge in [-0.3, -0.25) is 4.79 Å². The molecule has 2 fully saturated rings. The molecule has 0 radical (unpaired) electrons. The Balaban J connectivity index is 1.80. The highest BCUT2D eigenvalue weighted by Gasteiger charge is 2.40. The molecule has 3 atom stereocenters. The van der Waals surface area contributed by atoms with E-state index in [0.717, 1.165) is 36.8 Å². The Morgan fingerprint density at radius 1 is 1.35 bits per heavy atom. The van der Waals surface area contributed by atoms with Gasteiger partial charge < -0.3 is 15.7 Å². The van der Waals surface area contributed by atoms with E-state index in [-0.39, 0.29) is 17.7 Å². The number of amides is 1. The number of aromatic hydroxyl groups is 1. The lowest BCUT2D eigenvalue weighted by molar-refractivity contribution is 0.0780. The van der Waals surface area contributed by atoms with Crippen LogP contribution in [0.25, 0.3) is 0 Å². The minimum absolute atomic E-state index is 0.0392. The van der Waals surface area contributed by atoms with Gasteiger partial charge in [0, 0.05) is 23.6 Å². The summed E-state index contributed by atoms with van der Waals surface area (Å²) in [7, 11) is 0. The summed E-state index contributed by atoms with van der Waals surface area (Å²) in [5.41, 5.74) is 6.55. The average Bonchev–Trinajstić information content (AvgIpc) is 2.86. The molecule has 3 N–H and O–H groups in total. The second-order valence-corrected chi connectivity index (χ2v) is 6.81. The molecular weight excluding hydrogens is 320 g/mol. The zero-order valence-electron chi connectivity index (χ0n) is 11.3. The first-order valence-corrected chi connectivity index (χ1v) is 7.89. The Kier molecular flexibility index (Phi) is 3.73. The summed E-state index contributed by atoms with van der Waals surface area (Å²) in [5.74, 6) is 0.891. The highest BCUT2D eigenvalue weighted by atomic mass is 79.9. The van der Waals surface area contributed by atoms with Gasteiger partial charge in [0.1, 0.15) is 5.75 Å². The van der Waals surface area contributed by atoms with E-state index in [1.54, 1.807) is 18.2 Å². The molecule has 2 aliphatic rings. The Morgan fingerprint density at radius 2 is 2.15 bits per heavy atom. The summed E-state index contributed by atoms with van der Waals surface area (Å²) in [4.78, 5) is 14.4. The van der Waals surface area contributed by atoms with E-state index in [1.165, 1.54) is 0 Å². The number of likely N-dealkylation sites (tertiary alicyclic amines) is 1. The third-order valence-electron chi connectivity index (χ3n) is 4.63. The quantitative estimate of drug-likeness (QED) is 0.825. The van der Waals surface area contributed by atoms with Crippen LogP contribution in [-0.4, -0.2) is 35.0 Å². The van der Waals surface area contributed by atoms with Crippen LogP contribution in [0.15, 0.2) is 22.7 Å². The van der Waals surface area contributed by atoms with Gasteiger partial charge >= 0.3 is 0 Å². The minimum atomic E-state index is -0.0922. The molecule has 1 amide bonds. The fourth-order valence-corrected chi connectivity index (χ4v) is 3.89. The lowest BCUT2D eigenvalue weighted by atomic mass is 9.78. The standard InChI is InChI=1S/C15H19BrN2O2/c16-10-4-5-14(19)11(6-10)15(20)18-7-9-2-1-3-13(17)12(9)8-18/h4-6,9,12-13,19H,1-3,7-8,17H2. The van der Waals surface area contributed by atoms with E-state index < -0.39 is 0 Å². The molecule has 20 heavy (non-hydrogen) atoms. The fourth-order valence-electron chi connectivity index (χ4n) is 3.53. The highest BCUT2D eigenvalue weighted by molar-refractivity contribution is 9.10. The number of benzene rings is 1. The second-order valence-electron chi connectivity index (χ2n) is 5.89. The third kappa shape index (κ3) is 2.44. The maximum absolute atomic E-state index is 12.6. The summed E-state index contributed by atoms with van der Waals surface area (Å²) in [5, 5.41) is 9.88. The average molecular weight is 339 g/mol. The molecular formula is C15H19BrN2O2. The van der Waals surface area contributed by atoms with Gasteiger partial charge in [0.05, 0.1) is 5.56 Å². The molecule has 1 heterocycles. The molecule has 3 unspecified atom stereocenters. The van der Waals surface area contributed by atoms with Crippen molar-refractivity contribution in [3.63, 3.8) is 0 Å². The summed E-state index contributed by atoms with van der Waals surface area (Å²) >= 11 is 3.34. The molecule has 108 valence electrons. The Morgan fingerprint density at radius 3 is 2.90 bits per heavy atom. The number of hydrogen-bond acceptors (Lipinski definition) is 3. The highest BCUT2D eigenvalue weighted by Crippen LogP contribution is 2.36. The molecule has 0 bridgehead atoms. The third-order valence-corrected chi connectivity index (χ3v) is 5.12. The number of carbonyl (C=O) groups excluding carboxylic acids is 1. The fraction of sp³-hybridized carbons (Fsp3) is 0.533. The number of nitrogens with zero attached hydrogens (tertiary/aromatic N) is 1. The molecule has 4 nitrogen and oxygen atoms in total. The molecule has 1 aromatic carbocycles. The second kappa shape index (κ2) is 5.37. The van der Waals surface area contributed by atoms with Crippen molar-refractivity contribution in [2.45, 2.75) is 25.3 Å². The first-order chi connectivity index (χ1) is 9.56. The molecule has 0 aromatic heterocycles. The predicted octanol–water partition coefficient (Wildman–Crippen LogP) is 2.35. The SMILES string of the molecule is NC1CCCC2CN(C(=O)c3cc(Br)ccc3O)CC12. The van der Waals surface area contributed by atoms with Crippen LogP contribution in [-0.2, 0) is 0 Å². The van der Waals surface area contributed by atoms with Gasteiger partial charge in [-0.25, -0.2) is 0 Å². The number of hydrogen-bond donors (Lipinski definition) is 2. The first-order valence-electron chi connectivity index (χ1n) is 7.09. The Labute approximate surface area is 127 Å². The van der Waals surface area contributed by atoms with Crippen molar-refractivity contribution in [3.8, 4) is 5.75 Å². The largest absolute Gasteiger partial charge is 0.507 e. The monoisotopic (exact) mass is 338 g/mol. The summed E-state index contributed by atoms with van der Waals surface area (Å²) in [6, 6.07) is 5.17. The minimum Gasteiger partial charge on any atom is -0.507 e. The van der Waals surface area contributed by atoms with Gasteiger partial charge in [-0.05, 0) is 42.9 Å². The summed E-state index contributed by atoms with van der Waals surface area (Å²) < 4.78 is 0.798. The van der Waals surface area contributed by atoms with Crippen molar-refractivity contribution in [1.82, 2.24) is 4.90 Å². The molecule has 1 aliphatic heterocycles. The van der Waals surface area contributed by atoms with Crippen LogP contribution in [0.2, 0.25) is 0 Å². The van der Waals surface area contributed by atoms with E-state index in [1.807, 2.05) is 4.90 Å².